The number of aliphatic hydroxyl groups excluding tert-OH is 1. The van der Waals surface area contributed by atoms with Crippen molar-refractivity contribution in [2.24, 2.45) is 5.50 Å². The molecule has 18 heteroatoms. The van der Waals surface area contributed by atoms with Gasteiger partial charge in [0.05, 0.1) is 39.1 Å². The first-order chi connectivity index (χ1) is 30.3. The third-order valence-electron chi connectivity index (χ3n) is 10.1. The van der Waals surface area contributed by atoms with E-state index in [1.54, 1.807) is 33.3 Å². The molecule has 5 rings (SSSR count). The summed E-state index contributed by atoms with van der Waals surface area (Å²) in [5, 5.41) is 13.7. The summed E-state index contributed by atoms with van der Waals surface area (Å²) in [6.07, 6.45) is -0.0220. The molecular formula is C46H60F3N4O10P. The molecule has 3 aromatic carbocycles. The molecule has 2 heterocycles. The van der Waals surface area contributed by atoms with Gasteiger partial charge in [-0.2, -0.15) is 13.2 Å². The number of aryl methyl sites for hydroxylation is 1. The normalized spacial score (nSPS) is 17.8. The van der Waals surface area contributed by atoms with Crippen LogP contribution in [0.25, 0.3) is 0 Å². The number of amides is 1. The number of nitrogens with one attached hydrogen (secondary N) is 2. The van der Waals surface area contributed by atoms with Crippen molar-refractivity contribution >= 4 is 14.4 Å². The minimum absolute atomic E-state index is 0.0125. The number of aromatic amines is 1. The van der Waals surface area contributed by atoms with Gasteiger partial charge in [0.15, 0.2) is 0 Å². The maximum atomic E-state index is 12.9. The van der Waals surface area contributed by atoms with E-state index in [0.717, 1.165) is 16.7 Å². The minimum atomic E-state index is -4.93. The summed E-state index contributed by atoms with van der Waals surface area (Å²) in [5.41, 5.74) is 4.03. The maximum absolute atomic E-state index is 12.9. The fraction of sp³-hybridized carbons (Fsp3) is 0.457. The summed E-state index contributed by atoms with van der Waals surface area (Å²) in [6.45, 7) is 8.97. The summed E-state index contributed by atoms with van der Waals surface area (Å²) in [6, 6.07) is 24.4. The van der Waals surface area contributed by atoms with E-state index < -0.39 is 55.4 Å². The van der Waals surface area contributed by atoms with Crippen LogP contribution in [-0.4, -0.2) is 78.0 Å². The summed E-state index contributed by atoms with van der Waals surface area (Å²) in [5.74, 6) is -0.702. The number of aliphatic hydroxyl groups is 1. The van der Waals surface area contributed by atoms with E-state index in [9.17, 15) is 32.7 Å². The Morgan fingerprint density at radius 3 is 1.98 bits per heavy atom. The highest BCUT2D eigenvalue weighted by Gasteiger charge is 2.50. The molecule has 64 heavy (non-hydrogen) atoms. The Bertz CT molecular complexity index is 2150. The zero-order valence-electron chi connectivity index (χ0n) is 37.2. The summed E-state index contributed by atoms with van der Waals surface area (Å²) >= 11 is 0. The molecule has 5 N–H and O–H groups in total. The number of unbranched alkanes of at least 4 members (excludes halogenated alkanes) is 3. The molecule has 1 saturated heterocycles. The van der Waals surface area contributed by atoms with Crippen LogP contribution in [0, 0.1) is 6.92 Å². The second kappa shape index (κ2) is 23.9. The van der Waals surface area contributed by atoms with Crippen LogP contribution >= 0.6 is 8.53 Å². The van der Waals surface area contributed by atoms with Crippen molar-refractivity contribution in [3.05, 3.63) is 140 Å². The van der Waals surface area contributed by atoms with Gasteiger partial charge >= 0.3 is 17.8 Å². The first-order valence-corrected chi connectivity index (χ1v) is 22.2. The molecule has 0 saturated carbocycles. The molecule has 350 valence electrons. The van der Waals surface area contributed by atoms with Gasteiger partial charge in [0, 0.05) is 24.7 Å². The second-order valence-corrected chi connectivity index (χ2v) is 16.6. The number of hydrogen-bond acceptors (Lipinski definition) is 11. The van der Waals surface area contributed by atoms with Crippen molar-refractivity contribution in [2.75, 3.05) is 27.4 Å². The lowest BCUT2D eigenvalue weighted by Crippen LogP contribution is -2.46. The predicted molar refractivity (Wildman–Crippen MR) is 238 cm³/mol. The molecule has 0 spiro atoms. The first kappa shape index (κ1) is 51.8. The van der Waals surface area contributed by atoms with Gasteiger partial charge in [-0.1, -0.05) is 73.2 Å². The Morgan fingerprint density at radius 1 is 0.922 bits per heavy atom. The average Bonchev–Trinajstić information content (AvgIpc) is 3.58. The Hall–Kier alpha value is -4.87. The lowest BCUT2D eigenvalue weighted by atomic mass is 9.79. The molecule has 1 aliphatic rings. The smallest absolute Gasteiger partial charge is 0.471 e. The minimum Gasteiger partial charge on any atom is -0.497 e. The number of carbonyl (C=O) groups is 1. The Kier molecular flexibility index (Phi) is 19.3. The van der Waals surface area contributed by atoms with Crippen LogP contribution in [0.3, 0.4) is 0 Å². The van der Waals surface area contributed by atoms with Crippen LogP contribution in [0.2, 0.25) is 0 Å². The summed E-state index contributed by atoms with van der Waals surface area (Å²) < 4.78 is 73.8. The maximum Gasteiger partial charge on any atom is 0.471 e. The number of nitrogens with zero attached hydrogens (tertiary/aromatic N) is 1. The Morgan fingerprint density at radius 2 is 1.47 bits per heavy atom. The predicted octanol–water partition coefficient (Wildman–Crippen LogP) is 7.71. The van der Waals surface area contributed by atoms with Crippen molar-refractivity contribution in [1.82, 2.24) is 14.9 Å². The first-order valence-electron chi connectivity index (χ1n) is 20.9. The van der Waals surface area contributed by atoms with E-state index in [1.165, 1.54) is 10.8 Å². The van der Waals surface area contributed by atoms with E-state index >= 15 is 0 Å². The Balaban J connectivity index is 0.000000800. The van der Waals surface area contributed by atoms with Gasteiger partial charge in [-0.05, 0) is 94.8 Å². The van der Waals surface area contributed by atoms with Gasteiger partial charge in [0.2, 0.25) is 0 Å². The van der Waals surface area contributed by atoms with Crippen LogP contribution in [-0.2, 0) is 28.9 Å². The van der Waals surface area contributed by atoms with Crippen molar-refractivity contribution in [2.45, 2.75) is 109 Å². The van der Waals surface area contributed by atoms with Gasteiger partial charge in [0.1, 0.15) is 28.9 Å². The second-order valence-electron chi connectivity index (χ2n) is 15.6. The standard InChI is InChI=1S/C40H44F3N3O8.C6H16NO2P/c1-27-25-46(37(50)45-35(27)48)34-24-33(47)38(54-34,22-10-5-4-6-11-23-44-36(49)40(41,42)43)26-53-39(28-12-8-7-9-13-28,29-14-18-31(51-2)19-15-29)30-16-20-32(52-3)21-17-30;1-5(2)8-10(7)9-6(3)4/h7-10,12-22,25,33-34,47H,4-6,11,23-24,26H2,1-3H3,(H,44,49)(H,45,48,50);5-6H,7H2,1-4H3/t33-,34+,38+;/m0./s1. The number of allylic oxidation sites excluding steroid dienone is 1. The third-order valence-corrected chi connectivity index (χ3v) is 11.4. The molecule has 1 amide bonds. The molecule has 3 atom stereocenters. The zero-order chi connectivity index (χ0) is 47.1. The number of rotatable bonds is 20. The number of methoxy groups -OCH3 is 2. The molecule has 0 unspecified atom stereocenters. The fourth-order valence-corrected chi connectivity index (χ4v) is 7.84. The van der Waals surface area contributed by atoms with E-state index in [-0.39, 0.29) is 37.3 Å². The van der Waals surface area contributed by atoms with Crippen molar-refractivity contribution in [3.63, 3.8) is 0 Å². The van der Waals surface area contributed by atoms with Gasteiger partial charge in [0.25, 0.3) is 14.1 Å². The number of alkyl halides is 3. The van der Waals surface area contributed by atoms with E-state index in [4.69, 9.17) is 33.5 Å². The molecule has 0 radical (unpaired) electrons. The quantitative estimate of drug-likeness (QED) is 0.0295. The molecule has 4 aromatic rings. The highest BCUT2D eigenvalue weighted by atomic mass is 31.2. The monoisotopic (exact) mass is 916 g/mol. The molecule has 0 aliphatic carbocycles. The molecule has 14 nitrogen and oxygen atoms in total. The van der Waals surface area contributed by atoms with Crippen molar-refractivity contribution in [3.8, 4) is 11.5 Å². The van der Waals surface area contributed by atoms with E-state index in [2.05, 4.69) is 4.98 Å². The number of aromatic nitrogens is 2. The van der Waals surface area contributed by atoms with Crippen LogP contribution in [0.15, 0.2) is 107 Å². The Labute approximate surface area is 372 Å². The van der Waals surface area contributed by atoms with Crippen LogP contribution in [0.4, 0.5) is 13.2 Å². The molecular weight excluding hydrogens is 856 g/mol. The molecule has 1 fully saturated rings. The molecule has 1 aromatic heterocycles. The highest BCUT2D eigenvalue weighted by molar-refractivity contribution is 7.44. The van der Waals surface area contributed by atoms with Crippen molar-refractivity contribution in [1.29, 1.82) is 0 Å². The largest absolute Gasteiger partial charge is 0.497 e. The number of ether oxygens (including phenoxy) is 4. The third kappa shape index (κ3) is 14.1. The molecule has 0 bridgehead atoms. The number of hydrogen-bond donors (Lipinski definition) is 4. The van der Waals surface area contributed by atoms with Gasteiger partial charge < -0.3 is 38.4 Å². The number of benzene rings is 3. The number of H-pyrrole nitrogens is 1. The summed E-state index contributed by atoms with van der Waals surface area (Å²) in [4.78, 5) is 38.5. The van der Waals surface area contributed by atoms with Crippen LogP contribution in [0.5, 0.6) is 11.5 Å². The number of carbonyl (C=O) groups excluding carboxylic acids is 1. The summed E-state index contributed by atoms with van der Waals surface area (Å²) in [7, 11) is 1.99. The number of halogens is 3. The topological polar surface area (TPSA) is 186 Å². The lowest BCUT2D eigenvalue weighted by Gasteiger charge is -2.39. The zero-order valence-corrected chi connectivity index (χ0v) is 38.1. The van der Waals surface area contributed by atoms with Crippen LogP contribution in [0.1, 0.15) is 88.3 Å². The van der Waals surface area contributed by atoms with Gasteiger partial charge in [-0.25, -0.2) is 4.79 Å². The fourth-order valence-electron chi connectivity index (χ4n) is 6.95. The van der Waals surface area contributed by atoms with Crippen LogP contribution < -0.4 is 31.5 Å². The van der Waals surface area contributed by atoms with Crippen molar-refractivity contribution < 1.29 is 51.1 Å². The van der Waals surface area contributed by atoms with E-state index in [1.807, 2.05) is 112 Å². The number of nitrogens with two attached hydrogens (primary N) is 1. The van der Waals surface area contributed by atoms with Gasteiger partial charge in [-0.3, -0.25) is 24.6 Å². The highest BCUT2D eigenvalue weighted by Crippen LogP contribution is 2.45. The van der Waals surface area contributed by atoms with Gasteiger partial charge in [-0.15, -0.1) is 0 Å². The van der Waals surface area contributed by atoms with E-state index in [0.29, 0.717) is 37.2 Å². The average molecular weight is 917 g/mol. The lowest BCUT2D eigenvalue weighted by molar-refractivity contribution is -0.173. The molecule has 1 aliphatic heterocycles. The SMILES string of the molecule is CC(C)OP(N)OC(C)C.COc1ccc(C(OC[C@@]2(C=CCCCCCNC(=O)C(F)(F)F)O[C@@H](n3cc(C)c(=O)[nH]c3=O)C[C@@H]2O)(c2ccccc2)c2ccc(OC)cc2)cc1.